The summed E-state index contributed by atoms with van der Waals surface area (Å²) in [4.78, 5) is 29.5. The molecule has 2 aliphatic rings. The smallest absolute Gasteiger partial charge is 0.237 e. The van der Waals surface area contributed by atoms with E-state index in [0.717, 1.165) is 43.8 Å². The maximum absolute atomic E-state index is 12.7. The predicted octanol–water partition coefficient (Wildman–Crippen LogP) is 2.49. The van der Waals surface area contributed by atoms with Crippen LogP contribution in [0.25, 0.3) is 0 Å². The molecule has 1 N–H and O–H groups in total. The summed E-state index contributed by atoms with van der Waals surface area (Å²) in [6.07, 6.45) is 2.88. The van der Waals surface area contributed by atoms with Crippen LogP contribution in [-0.4, -0.2) is 66.5 Å². The summed E-state index contributed by atoms with van der Waals surface area (Å²) >= 11 is 0. The molecule has 0 saturated carbocycles. The van der Waals surface area contributed by atoms with E-state index in [0.29, 0.717) is 12.8 Å². The molecule has 0 aliphatic carbocycles. The molecule has 0 unspecified atom stereocenters. The Morgan fingerprint density at radius 2 is 1.65 bits per heavy atom. The van der Waals surface area contributed by atoms with E-state index in [4.69, 9.17) is 4.74 Å². The highest BCUT2D eigenvalue weighted by molar-refractivity contribution is 5.82. The fraction of sp³-hybridized carbons (Fsp3) is 0.440. The molecule has 31 heavy (non-hydrogen) atoms. The molecule has 0 bridgehead atoms. The van der Waals surface area contributed by atoms with Crippen molar-refractivity contribution in [2.24, 2.45) is 0 Å². The lowest BCUT2D eigenvalue weighted by Crippen LogP contribution is -2.52. The van der Waals surface area contributed by atoms with E-state index in [1.54, 1.807) is 7.05 Å². The van der Waals surface area contributed by atoms with Gasteiger partial charge in [0.1, 0.15) is 11.9 Å². The van der Waals surface area contributed by atoms with Crippen LogP contribution in [0.2, 0.25) is 0 Å². The Labute approximate surface area is 184 Å². The van der Waals surface area contributed by atoms with Crippen molar-refractivity contribution in [3.63, 3.8) is 0 Å². The van der Waals surface area contributed by atoms with Gasteiger partial charge >= 0.3 is 0 Å². The number of likely N-dealkylation sites (N-methyl/N-ethyl adjacent to an activating group) is 1. The normalized spacial score (nSPS) is 22.3. The first-order chi connectivity index (χ1) is 15.1. The molecule has 0 spiro atoms. The van der Waals surface area contributed by atoms with Gasteiger partial charge in [0.2, 0.25) is 11.8 Å². The summed E-state index contributed by atoms with van der Waals surface area (Å²) in [6, 6.07) is 19.8. The number of carbonyl (C=O) groups is 2. The number of likely N-dealkylation sites (tertiary alicyclic amines) is 2. The topological polar surface area (TPSA) is 61.9 Å². The zero-order chi connectivity index (χ0) is 21.6. The van der Waals surface area contributed by atoms with E-state index < -0.39 is 0 Å². The molecule has 2 fully saturated rings. The van der Waals surface area contributed by atoms with Crippen molar-refractivity contribution in [3.05, 3.63) is 66.2 Å². The standard InChI is InChI=1S/C25H31N3O3/c1-26-25(30)23-17-22(31-21-10-6-3-7-11-21)18-28(23)20-12-14-27(15-13-20)24(29)16-19-8-4-2-5-9-19/h2-11,20,22-23H,12-18H2,1H3,(H,26,30)/t22-,23-/m0/s1. The highest BCUT2D eigenvalue weighted by Gasteiger charge is 2.42. The van der Waals surface area contributed by atoms with Crippen LogP contribution >= 0.6 is 0 Å². The number of hydrogen-bond acceptors (Lipinski definition) is 4. The van der Waals surface area contributed by atoms with Crippen molar-refractivity contribution in [2.45, 2.75) is 43.9 Å². The van der Waals surface area contributed by atoms with Crippen molar-refractivity contribution in [2.75, 3.05) is 26.7 Å². The summed E-state index contributed by atoms with van der Waals surface area (Å²) in [5.74, 6) is 1.06. The zero-order valence-electron chi connectivity index (χ0n) is 18.1. The van der Waals surface area contributed by atoms with Crippen LogP contribution in [0, 0.1) is 0 Å². The second-order valence-corrected chi connectivity index (χ2v) is 8.39. The number of nitrogens with one attached hydrogen (secondary N) is 1. The summed E-state index contributed by atoms with van der Waals surface area (Å²) in [7, 11) is 1.69. The summed E-state index contributed by atoms with van der Waals surface area (Å²) in [5.41, 5.74) is 1.05. The Morgan fingerprint density at radius 1 is 1.00 bits per heavy atom. The van der Waals surface area contributed by atoms with Crippen LogP contribution in [-0.2, 0) is 16.0 Å². The second-order valence-electron chi connectivity index (χ2n) is 8.39. The lowest BCUT2D eigenvalue weighted by Gasteiger charge is -2.38. The largest absolute Gasteiger partial charge is 0.489 e. The van der Waals surface area contributed by atoms with Crippen molar-refractivity contribution >= 4 is 11.8 Å². The maximum Gasteiger partial charge on any atom is 0.237 e. The number of amides is 2. The monoisotopic (exact) mass is 421 g/mol. The maximum atomic E-state index is 12.7. The van der Waals surface area contributed by atoms with Gasteiger partial charge in [-0.2, -0.15) is 0 Å². The summed E-state index contributed by atoms with van der Waals surface area (Å²) in [6.45, 7) is 2.20. The molecule has 2 aliphatic heterocycles. The number of nitrogens with zero attached hydrogens (tertiary/aromatic N) is 2. The molecule has 2 amide bonds. The van der Waals surface area contributed by atoms with E-state index in [2.05, 4.69) is 10.2 Å². The minimum Gasteiger partial charge on any atom is -0.489 e. The third-order valence-electron chi connectivity index (χ3n) is 6.38. The van der Waals surface area contributed by atoms with Gasteiger partial charge in [0.15, 0.2) is 0 Å². The molecule has 2 aromatic rings. The van der Waals surface area contributed by atoms with Gasteiger partial charge in [-0.25, -0.2) is 0 Å². The zero-order valence-corrected chi connectivity index (χ0v) is 18.1. The van der Waals surface area contributed by atoms with Gasteiger partial charge in [-0.3, -0.25) is 14.5 Å². The Kier molecular flexibility index (Phi) is 6.87. The number of para-hydroxylation sites is 1. The van der Waals surface area contributed by atoms with Crippen LogP contribution in [0.15, 0.2) is 60.7 Å². The van der Waals surface area contributed by atoms with Crippen molar-refractivity contribution in [1.82, 2.24) is 15.1 Å². The lowest BCUT2D eigenvalue weighted by molar-refractivity contribution is -0.133. The van der Waals surface area contributed by atoms with E-state index in [-0.39, 0.29) is 30.0 Å². The third-order valence-corrected chi connectivity index (χ3v) is 6.38. The molecular weight excluding hydrogens is 390 g/mol. The molecule has 2 aromatic carbocycles. The Balaban J connectivity index is 1.35. The summed E-state index contributed by atoms with van der Waals surface area (Å²) < 4.78 is 6.16. The van der Waals surface area contributed by atoms with Crippen molar-refractivity contribution in [1.29, 1.82) is 0 Å². The first-order valence-electron chi connectivity index (χ1n) is 11.1. The highest BCUT2D eigenvalue weighted by Crippen LogP contribution is 2.29. The highest BCUT2D eigenvalue weighted by atomic mass is 16.5. The van der Waals surface area contributed by atoms with E-state index in [1.165, 1.54) is 0 Å². The number of carbonyl (C=O) groups excluding carboxylic acids is 2. The van der Waals surface area contributed by atoms with Gasteiger partial charge in [0, 0.05) is 39.1 Å². The van der Waals surface area contributed by atoms with Crippen molar-refractivity contribution < 1.29 is 14.3 Å². The van der Waals surface area contributed by atoms with Gasteiger partial charge in [-0.1, -0.05) is 48.5 Å². The number of benzene rings is 2. The van der Waals surface area contributed by atoms with Crippen LogP contribution in [0.4, 0.5) is 0 Å². The number of rotatable bonds is 6. The first kappa shape index (κ1) is 21.4. The van der Waals surface area contributed by atoms with Crippen molar-refractivity contribution in [3.8, 4) is 5.75 Å². The number of ether oxygens (including phenoxy) is 1. The van der Waals surface area contributed by atoms with Crippen LogP contribution in [0.1, 0.15) is 24.8 Å². The fourth-order valence-electron chi connectivity index (χ4n) is 4.76. The van der Waals surface area contributed by atoms with Gasteiger partial charge in [-0.05, 0) is 30.5 Å². The molecule has 164 valence electrons. The molecular formula is C25H31N3O3. The lowest BCUT2D eigenvalue weighted by atomic mass is 10.0. The Hall–Kier alpha value is -2.86. The molecule has 2 saturated heterocycles. The Morgan fingerprint density at radius 3 is 2.29 bits per heavy atom. The molecule has 4 rings (SSSR count). The van der Waals surface area contributed by atoms with E-state index >= 15 is 0 Å². The van der Waals surface area contributed by atoms with E-state index in [9.17, 15) is 9.59 Å². The van der Waals surface area contributed by atoms with Gasteiger partial charge in [-0.15, -0.1) is 0 Å². The average Bonchev–Trinajstić information content (AvgIpc) is 3.23. The van der Waals surface area contributed by atoms with Gasteiger partial charge in [0.05, 0.1) is 12.5 Å². The summed E-state index contributed by atoms with van der Waals surface area (Å²) in [5, 5.41) is 2.81. The fourth-order valence-corrected chi connectivity index (χ4v) is 4.76. The number of hydrogen-bond donors (Lipinski definition) is 1. The Bertz CT molecular complexity index is 866. The van der Waals surface area contributed by atoms with Gasteiger partial charge < -0.3 is 15.0 Å². The van der Waals surface area contributed by atoms with Crippen LogP contribution < -0.4 is 10.1 Å². The quantitative estimate of drug-likeness (QED) is 0.779. The molecule has 2 atom stereocenters. The first-order valence-corrected chi connectivity index (χ1v) is 11.1. The van der Waals surface area contributed by atoms with Crippen LogP contribution in [0.5, 0.6) is 5.75 Å². The number of piperidine rings is 1. The predicted molar refractivity (Wildman–Crippen MR) is 120 cm³/mol. The van der Waals surface area contributed by atoms with Crippen LogP contribution in [0.3, 0.4) is 0 Å². The molecule has 2 heterocycles. The minimum atomic E-state index is -0.185. The second kappa shape index (κ2) is 9.96. The average molecular weight is 422 g/mol. The molecule has 0 radical (unpaired) electrons. The molecule has 6 heteroatoms. The van der Waals surface area contributed by atoms with E-state index in [1.807, 2.05) is 65.6 Å². The minimum absolute atomic E-state index is 0.0116. The van der Waals surface area contributed by atoms with Gasteiger partial charge in [0.25, 0.3) is 0 Å². The molecule has 6 nitrogen and oxygen atoms in total. The molecule has 0 aromatic heterocycles. The SMILES string of the molecule is CNC(=O)[C@@H]1C[C@H](Oc2ccccc2)CN1C1CCN(C(=O)Cc2ccccc2)CC1. The third kappa shape index (κ3) is 5.25.